The first-order valence-electron chi connectivity index (χ1n) is 5.38. The molecule has 2 heterocycles. The fraction of sp³-hybridized carbons (Fsp3) is 0.455. The third kappa shape index (κ3) is 1.58. The van der Waals surface area contributed by atoms with E-state index in [-0.39, 0.29) is 5.91 Å². The van der Waals surface area contributed by atoms with Gasteiger partial charge in [0.05, 0.1) is 10.6 Å². The van der Waals surface area contributed by atoms with E-state index in [2.05, 4.69) is 15.6 Å². The van der Waals surface area contributed by atoms with Gasteiger partial charge in [0.1, 0.15) is 0 Å². The third-order valence-corrected chi connectivity index (χ3v) is 3.71. The van der Waals surface area contributed by atoms with Crippen LogP contribution in [0.15, 0.2) is 18.5 Å². The first-order valence-corrected chi connectivity index (χ1v) is 5.76. The maximum atomic E-state index is 11.9. The van der Waals surface area contributed by atoms with Crippen molar-refractivity contribution in [2.45, 2.75) is 6.04 Å². The summed E-state index contributed by atoms with van der Waals surface area (Å²) in [6.45, 7) is 2.03. The number of aromatic nitrogens is 1. The Bertz CT molecular complexity index is 427. The van der Waals surface area contributed by atoms with E-state index in [1.165, 1.54) is 6.20 Å². The van der Waals surface area contributed by atoms with Crippen LogP contribution in [-0.4, -0.2) is 30.0 Å². The van der Waals surface area contributed by atoms with Crippen LogP contribution < -0.4 is 10.6 Å². The molecule has 1 aliphatic carbocycles. The summed E-state index contributed by atoms with van der Waals surface area (Å²) in [5.74, 6) is 1.14. The monoisotopic (exact) mass is 237 g/mol. The Balaban J connectivity index is 1.68. The Morgan fingerprint density at radius 1 is 1.50 bits per heavy atom. The molecule has 3 rings (SSSR count). The highest BCUT2D eigenvalue weighted by Gasteiger charge is 2.53. The van der Waals surface area contributed by atoms with Crippen LogP contribution >= 0.6 is 11.6 Å². The quantitative estimate of drug-likeness (QED) is 0.796. The third-order valence-electron chi connectivity index (χ3n) is 3.41. The molecule has 84 valence electrons. The molecule has 1 aromatic rings. The summed E-state index contributed by atoms with van der Waals surface area (Å²) in [5.41, 5.74) is 0.509. The zero-order chi connectivity index (χ0) is 11.1. The molecule has 16 heavy (non-hydrogen) atoms. The first kappa shape index (κ1) is 10.1. The van der Waals surface area contributed by atoms with Crippen molar-refractivity contribution >= 4 is 17.5 Å². The van der Waals surface area contributed by atoms with Crippen LogP contribution in [0.2, 0.25) is 5.02 Å². The van der Waals surface area contributed by atoms with Gasteiger partial charge in [0, 0.05) is 31.5 Å². The lowest BCUT2D eigenvalue weighted by Crippen LogP contribution is -2.32. The highest BCUT2D eigenvalue weighted by atomic mass is 35.5. The molecule has 1 saturated carbocycles. The average Bonchev–Trinajstić information content (AvgIpc) is 2.75. The van der Waals surface area contributed by atoms with Crippen molar-refractivity contribution in [1.82, 2.24) is 15.6 Å². The lowest BCUT2D eigenvalue weighted by atomic mass is 10.2. The Morgan fingerprint density at radius 2 is 2.25 bits per heavy atom. The Morgan fingerprint density at radius 3 is 2.94 bits per heavy atom. The fourth-order valence-corrected chi connectivity index (χ4v) is 2.63. The van der Waals surface area contributed by atoms with Gasteiger partial charge in [-0.25, -0.2) is 0 Å². The summed E-state index contributed by atoms with van der Waals surface area (Å²) < 4.78 is 0. The zero-order valence-corrected chi connectivity index (χ0v) is 9.37. The molecule has 4 nitrogen and oxygen atoms in total. The number of hydrogen-bond donors (Lipinski definition) is 2. The zero-order valence-electron chi connectivity index (χ0n) is 8.61. The number of carbonyl (C=O) groups excluding carboxylic acids is 1. The number of piperidine rings is 1. The summed E-state index contributed by atoms with van der Waals surface area (Å²) in [6.07, 6.45) is 3.07. The van der Waals surface area contributed by atoms with Gasteiger partial charge < -0.3 is 10.6 Å². The molecular weight excluding hydrogens is 226 g/mol. The summed E-state index contributed by atoms with van der Waals surface area (Å²) in [4.78, 5) is 15.8. The molecule has 2 unspecified atom stereocenters. The maximum absolute atomic E-state index is 11.9. The number of carbonyl (C=O) groups is 1. The van der Waals surface area contributed by atoms with Crippen molar-refractivity contribution in [3.63, 3.8) is 0 Å². The van der Waals surface area contributed by atoms with Crippen LogP contribution in [-0.2, 0) is 0 Å². The summed E-state index contributed by atoms with van der Waals surface area (Å²) in [6, 6.07) is 1.98. The van der Waals surface area contributed by atoms with Gasteiger partial charge >= 0.3 is 0 Å². The molecule has 2 aliphatic rings. The van der Waals surface area contributed by atoms with Gasteiger partial charge in [0.15, 0.2) is 0 Å². The van der Waals surface area contributed by atoms with Gasteiger partial charge in [-0.05, 0) is 17.9 Å². The molecule has 1 aromatic heterocycles. The number of nitrogens with zero attached hydrogens (tertiary/aromatic N) is 1. The molecular formula is C11H12ClN3O. The van der Waals surface area contributed by atoms with E-state index in [1.807, 2.05) is 0 Å². The van der Waals surface area contributed by atoms with Crippen molar-refractivity contribution in [1.29, 1.82) is 0 Å². The number of pyridine rings is 1. The van der Waals surface area contributed by atoms with Crippen LogP contribution in [0.4, 0.5) is 0 Å². The number of halogens is 1. The maximum Gasteiger partial charge on any atom is 0.253 e. The van der Waals surface area contributed by atoms with E-state index < -0.39 is 0 Å². The molecule has 0 aromatic carbocycles. The van der Waals surface area contributed by atoms with Gasteiger partial charge in [-0.2, -0.15) is 0 Å². The largest absolute Gasteiger partial charge is 0.349 e. The molecule has 2 fully saturated rings. The van der Waals surface area contributed by atoms with Crippen molar-refractivity contribution in [2.75, 3.05) is 13.1 Å². The molecule has 5 heteroatoms. The number of nitrogens with one attached hydrogen (secondary N) is 2. The molecule has 0 bridgehead atoms. The number of rotatable bonds is 2. The topological polar surface area (TPSA) is 54.0 Å². The highest BCUT2D eigenvalue weighted by molar-refractivity contribution is 6.33. The van der Waals surface area contributed by atoms with Crippen molar-refractivity contribution in [3.8, 4) is 0 Å². The second-order valence-corrected chi connectivity index (χ2v) is 4.75. The fourth-order valence-electron chi connectivity index (χ4n) is 2.42. The standard InChI is InChI=1S/C11H12ClN3O/c12-9-5-13-2-1-6(9)11(16)15-10-7-3-14-4-8(7)10/h1-2,5,7-8,10,14H,3-4H2,(H,15,16). The molecule has 1 aliphatic heterocycles. The van der Waals surface area contributed by atoms with E-state index in [0.29, 0.717) is 28.5 Å². The number of hydrogen-bond acceptors (Lipinski definition) is 3. The van der Waals surface area contributed by atoms with Gasteiger partial charge in [0.2, 0.25) is 0 Å². The first-order chi connectivity index (χ1) is 7.77. The summed E-state index contributed by atoms with van der Waals surface area (Å²) in [7, 11) is 0. The van der Waals surface area contributed by atoms with E-state index >= 15 is 0 Å². The van der Waals surface area contributed by atoms with Crippen molar-refractivity contribution in [3.05, 3.63) is 29.0 Å². The van der Waals surface area contributed by atoms with Crippen molar-refractivity contribution < 1.29 is 4.79 Å². The predicted molar refractivity (Wildman–Crippen MR) is 60.4 cm³/mol. The second-order valence-electron chi connectivity index (χ2n) is 4.34. The second kappa shape index (κ2) is 3.71. The van der Waals surface area contributed by atoms with Crippen LogP contribution in [0.5, 0.6) is 0 Å². The van der Waals surface area contributed by atoms with E-state index in [0.717, 1.165) is 13.1 Å². The SMILES string of the molecule is O=C(NC1C2CNCC21)c1ccncc1Cl. The van der Waals surface area contributed by atoms with E-state index in [4.69, 9.17) is 11.6 Å². The molecule has 0 radical (unpaired) electrons. The minimum atomic E-state index is -0.0909. The molecule has 2 atom stereocenters. The van der Waals surface area contributed by atoms with Crippen LogP contribution in [0.1, 0.15) is 10.4 Å². The average molecular weight is 238 g/mol. The van der Waals surface area contributed by atoms with Crippen LogP contribution in [0.25, 0.3) is 0 Å². The summed E-state index contributed by atoms with van der Waals surface area (Å²) in [5, 5.41) is 6.72. The summed E-state index contributed by atoms with van der Waals surface area (Å²) >= 11 is 5.91. The van der Waals surface area contributed by atoms with E-state index in [9.17, 15) is 4.79 Å². The van der Waals surface area contributed by atoms with Gasteiger partial charge in [-0.15, -0.1) is 0 Å². The molecule has 2 N–H and O–H groups in total. The van der Waals surface area contributed by atoms with Gasteiger partial charge in [-0.1, -0.05) is 11.6 Å². The lowest BCUT2D eigenvalue weighted by Gasteiger charge is -2.08. The van der Waals surface area contributed by atoms with Crippen LogP contribution in [0, 0.1) is 11.8 Å². The van der Waals surface area contributed by atoms with E-state index in [1.54, 1.807) is 12.3 Å². The van der Waals surface area contributed by atoms with Crippen molar-refractivity contribution in [2.24, 2.45) is 11.8 Å². The minimum absolute atomic E-state index is 0.0909. The predicted octanol–water partition coefficient (Wildman–Crippen LogP) is 0.683. The lowest BCUT2D eigenvalue weighted by molar-refractivity contribution is 0.0946. The highest BCUT2D eigenvalue weighted by Crippen LogP contribution is 2.41. The molecule has 1 saturated heterocycles. The Hall–Kier alpha value is -1.13. The van der Waals surface area contributed by atoms with Gasteiger partial charge in [-0.3, -0.25) is 9.78 Å². The number of fused-ring (bicyclic) bond motifs is 1. The van der Waals surface area contributed by atoms with Gasteiger partial charge in [0.25, 0.3) is 5.91 Å². The molecule has 0 spiro atoms. The Labute approximate surface area is 98.4 Å². The number of amides is 1. The Kier molecular flexibility index (Phi) is 2.33. The minimum Gasteiger partial charge on any atom is -0.349 e. The normalized spacial score (nSPS) is 30.9. The molecule has 1 amide bonds. The van der Waals surface area contributed by atoms with Crippen LogP contribution in [0.3, 0.4) is 0 Å². The smallest absolute Gasteiger partial charge is 0.253 e.